The van der Waals surface area contributed by atoms with Crippen LogP contribution < -0.4 is 10.2 Å². The molecule has 2 amide bonds. The molecule has 0 aliphatic carbocycles. The highest BCUT2D eigenvalue weighted by Crippen LogP contribution is 2.27. The van der Waals surface area contributed by atoms with E-state index in [4.69, 9.17) is 0 Å². The predicted octanol–water partition coefficient (Wildman–Crippen LogP) is 0.795. The lowest BCUT2D eigenvalue weighted by molar-refractivity contribution is -0.136. The maximum Gasteiger partial charge on any atom is 0.316 e. The second-order valence-corrected chi connectivity index (χ2v) is 5.41. The number of carbonyl (C=O) groups is 2. The normalized spacial score (nSPS) is 17.1. The molecule has 5 nitrogen and oxygen atoms in total. The van der Waals surface area contributed by atoms with Crippen molar-refractivity contribution in [3.05, 3.63) is 29.8 Å². The van der Waals surface area contributed by atoms with E-state index in [1.165, 1.54) is 16.7 Å². The zero-order valence-corrected chi connectivity index (χ0v) is 11.1. The van der Waals surface area contributed by atoms with Crippen molar-refractivity contribution in [2.24, 2.45) is 4.99 Å². The van der Waals surface area contributed by atoms with Gasteiger partial charge in [0.25, 0.3) is 0 Å². The number of nitrogens with one attached hydrogen (secondary N) is 1. The largest absolute Gasteiger partial charge is 0.316 e. The molecule has 1 aromatic rings. The average Bonchev–Trinajstić information content (AvgIpc) is 3.06. The highest BCUT2D eigenvalue weighted by Gasteiger charge is 2.29. The number of rotatable bonds is 0. The van der Waals surface area contributed by atoms with Gasteiger partial charge in [-0.05, 0) is 18.1 Å². The second-order valence-electron chi connectivity index (χ2n) is 4.32. The van der Waals surface area contributed by atoms with E-state index in [9.17, 15) is 9.59 Å². The van der Waals surface area contributed by atoms with Crippen molar-refractivity contribution < 1.29 is 9.59 Å². The van der Waals surface area contributed by atoms with E-state index >= 15 is 0 Å². The molecule has 2 aliphatic rings. The van der Waals surface area contributed by atoms with Gasteiger partial charge in [-0.25, -0.2) is 0 Å². The minimum atomic E-state index is -0.607. The number of hydrogen-bond donors (Lipinski definition) is 1. The minimum absolute atomic E-state index is 0.514. The van der Waals surface area contributed by atoms with Crippen molar-refractivity contribution in [3.8, 4) is 0 Å². The number of nitrogens with zero attached hydrogens (tertiary/aromatic N) is 2. The third-order valence-electron chi connectivity index (χ3n) is 3.13. The molecule has 98 valence electrons. The van der Waals surface area contributed by atoms with Crippen molar-refractivity contribution in [2.75, 3.05) is 23.7 Å². The van der Waals surface area contributed by atoms with Crippen LogP contribution in [0.1, 0.15) is 5.56 Å². The molecule has 0 saturated carbocycles. The Hall–Kier alpha value is -1.82. The molecule has 0 unspecified atom stereocenters. The summed E-state index contributed by atoms with van der Waals surface area (Å²) in [5, 5.41) is 3.12. The van der Waals surface area contributed by atoms with Crippen LogP contribution in [0.25, 0.3) is 0 Å². The van der Waals surface area contributed by atoms with E-state index in [-0.39, 0.29) is 0 Å². The fraction of sp³-hybridized carbons (Fsp3) is 0.308. The van der Waals surface area contributed by atoms with E-state index < -0.39 is 11.8 Å². The molecule has 2 heterocycles. The number of benzene rings is 1. The van der Waals surface area contributed by atoms with E-state index in [1.807, 2.05) is 24.3 Å². The van der Waals surface area contributed by atoms with Crippen molar-refractivity contribution >= 4 is 34.4 Å². The van der Waals surface area contributed by atoms with Crippen molar-refractivity contribution in [1.29, 1.82) is 0 Å². The first-order valence-corrected chi connectivity index (χ1v) is 7.12. The Balaban J connectivity index is 1.73. The van der Waals surface area contributed by atoms with Crippen LogP contribution in [0.3, 0.4) is 0 Å². The summed E-state index contributed by atoms with van der Waals surface area (Å²) in [5.41, 5.74) is 1.94. The minimum Gasteiger partial charge on any atom is -0.304 e. The number of amidine groups is 1. The lowest BCUT2D eigenvalue weighted by atomic mass is 10.2. The van der Waals surface area contributed by atoms with Crippen molar-refractivity contribution in [1.82, 2.24) is 5.32 Å². The maximum absolute atomic E-state index is 12.1. The third-order valence-corrected chi connectivity index (χ3v) is 4.02. The predicted molar refractivity (Wildman–Crippen MR) is 75.4 cm³/mol. The summed E-state index contributed by atoms with van der Waals surface area (Å²) >= 11 is 1.46. The van der Waals surface area contributed by atoms with Gasteiger partial charge in [-0.1, -0.05) is 30.0 Å². The van der Waals surface area contributed by atoms with Gasteiger partial charge in [0.05, 0.1) is 6.54 Å². The Morgan fingerprint density at radius 3 is 2.95 bits per heavy atom. The van der Waals surface area contributed by atoms with Gasteiger partial charge in [0.2, 0.25) is 0 Å². The fourth-order valence-corrected chi connectivity index (χ4v) is 2.96. The molecule has 0 bridgehead atoms. The van der Waals surface area contributed by atoms with Gasteiger partial charge in [-0.2, -0.15) is 0 Å². The van der Waals surface area contributed by atoms with E-state index in [0.29, 0.717) is 18.3 Å². The third kappa shape index (κ3) is 2.35. The fourth-order valence-electron chi connectivity index (χ4n) is 2.23. The average molecular weight is 275 g/mol. The number of fused-ring (bicyclic) bond motifs is 1. The Labute approximate surface area is 115 Å². The van der Waals surface area contributed by atoms with Gasteiger partial charge in [0.1, 0.15) is 0 Å². The summed E-state index contributed by atoms with van der Waals surface area (Å²) in [6.45, 7) is 1.26. The summed E-state index contributed by atoms with van der Waals surface area (Å²) in [5.74, 6) is -0.263. The topological polar surface area (TPSA) is 61.8 Å². The Bertz CT molecular complexity index is 571. The van der Waals surface area contributed by atoms with Crippen LogP contribution in [-0.2, 0) is 16.0 Å². The molecule has 0 fully saturated rings. The van der Waals surface area contributed by atoms with Crippen molar-refractivity contribution in [2.45, 2.75) is 6.42 Å². The number of para-hydroxylation sites is 1. The van der Waals surface area contributed by atoms with Crippen molar-refractivity contribution in [3.63, 3.8) is 0 Å². The van der Waals surface area contributed by atoms with Gasteiger partial charge in [0.15, 0.2) is 5.17 Å². The lowest BCUT2D eigenvalue weighted by Gasteiger charge is -2.16. The van der Waals surface area contributed by atoms with Crippen LogP contribution in [0.2, 0.25) is 0 Å². The molecule has 0 saturated heterocycles. The Morgan fingerprint density at radius 2 is 2.16 bits per heavy atom. The zero-order chi connectivity index (χ0) is 13.2. The van der Waals surface area contributed by atoms with Crippen LogP contribution in [0, 0.1) is 0 Å². The highest BCUT2D eigenvalue weighted by atomic mass is 32.2. The number of thioether (sulfide) groups is 1. The summed E-state index contributed by atoms with van der Waals surface area (Å²) in [6, 6.07) is 7.67. The molecular formula is C13H13N3O2S. The number of aliphatic imine (C=N–C) groups is 1. The number of hydrogen-bond acceptors (Lipinski definition) is 4. The first kappa shape index (κ1) is 12.2. The van der Waals surface area contributed by atoms with Crippen LogP contribution in [0.5, 0.6) is 0 Å². The van der Waals surface area contributed by atoms with Crippen LogP contribution >= 0.6 is 11.8 Å². The van der Waals surface area contributed by atoms with Crippen LogP contribution in [0.4, 0.5) is 5.69 Å². The zero-order valence-electron chi connectivity index (χ0n) is 10.3. The smallest absolute Gasteiger partial charge is 0.304 e. The SMILES string of the molecule is O=C(NC1=NCCS1)C(=O)N1CCc2ccccc21. The van der Waals surface area contributed by atoms with Gasteiger partial charge in [-0.3, -0.25) is 19.9 Å². The number of anilines is 1. The molecule has 3 rings (SSSR count). The van der Waals surface area contributed by atoms with Gasteiger partial charge in [-0.15, -0.1) is 0 Å². The molecule has 6 heteroatoms. The summed E-state index contributed by atoms with van der Waals surface area (Å²) < 4.78 is 0. The molecule has 0 atom stereocenters. The number of carbonyl (C=O) groups excluding carboxylic acids is 2. The molecule has 2 aliphatic heterocycles. The maximum atomic E-state index is 12.1. The molecule has 1 N–H and O–H groups in total. The molecule has 1 aromatic carbocycles. The number of amides is 2. The Kier molecular flexibility index (Phi) is 3.25. The molecule has 19 heavy (non-hydrogen) atoms. The molecule has 0 spiro atoms. The lowest BCUT2D eigenvalue weighted by Crippen LogP contribution is -2.43. The monoisotopic (exact) mass is 275 g/mol. The summed E-state index contributed by atoms with van der Waals surface area (Å²) in [7, 11) is 0. The van der Waals surface area contributed by atoms with Crippen LogP contribution in [-0.4, -0.2) is 35.8 Å². The van der Waals surface area contributed by atoms with Gasteiger partial charge < -0.3 is 4.90 Å². The Morgan fingerprint density at radius 1 is 1.32 bits per heavy atom. The van der Waals surface area contributed by atoms with E-state index in [1.54, 1.807) is 0 Å². The molecule has 0 radical (unpaired) electrons. The highest BCUT2D eigenvalue weighted by molar-refractivity contribution is 8.14. The first-order chi connectivity index (χ1) is 9.25. The van der Waals surface area contributed by atoms with E-state index in [2.05, 4.69) is 10.3 Å². The molecule has 0 aromatic heterocycles. The summed E-state index contributed by atoms with van der Waals surface area (Å²) in [4.78, 5) is 29.7. The van der Waals surface area contributed by atoms with E-state index in [0.717, 1.165) is 23.4 Å². The second kappa shape index (κ2) is 5.05. The summed E-state index contributed by atoms with van der Waals surface area (Å²) in [6.07, 6.45) is 0.797. The van der Waals surface area contributed by atoms with Crippen LogP contribution in [0.15, 0.2) is 29.3 Å². The molecular weight excluding hydrogens is 262 g/mol. The van der Waals surface area contributed by atoms with Gasteiger partial charge >= 0.3 is 11.8 Å². The standard InChI is InChI=1S/C13H13N3O2S/c17-11(15-13-14-6-8-19-13)12(18)16-7-5-9-3-1-2-4-10(9)16/h1-4H,5-8H2,(H,14,15,17). The first-order valence-electron chi connectivity index (χ1n) is 6.14. The van der Waals surface area contributed by atoms with Gasteiger partial charge in [0, 0.05) is 18.0 Å². The quantitative estimate of drug-likeness (QED) is 0.712.